The predicted molar refractivity (Wildman–Crippen MR) is 67.8 cm³/mol. The summed E-state index contributed by atoms with van der Waals surface area (Å²) in [5, 5.41) is 4.80. The van der Waals surface area contributed by atoms with Crippen LogP contribution in [0, 0.1) is 0 Å². The number of hydrogen-bond acceptors (Lipinski definition) is 3. The number of guanidine groups is 1. The van der Waals surface area contributed by atoms with E-state index in [0.29, 0.717) is 18.0 Å². The normalized spacial score (nSPS) is 26.5. The summed E-state index contributed by atoms with van der Waals surface area (Å²) >= 11 is 0. The molecule has 1 aliphatic carbocycles. The van der Waals surface area contributed by atoms with Crippen molar-refractivity contribution in [3.8, 4) is 0 Å². The molecule has 0 aromatic heterocycles. The van der Waals surface area contributed by atoms with Crippen molar-refractivity contribution in [3.63, 3.8) is 0 Å². The van der Waals surface area contributed by atoms with Gasteiger partial charge in [-0.1, -0.05) is 6.08 Å². The monoisotopic (exact) mass is 225 g/mol. The predicted octanol–water partition coefficient (Wildman–Crippen LogP) is 0.193. The zero-order chi connectivity index (χ0) is 12.0. The molecule has 0 unspecified atom stereocenters. The van der Waals surface area contributed by atoms with Crippen LogP contribution in [0.5, 0.6) is 0 Å². The first-order chi connectivity index (χ1) is 7.63. The first-order valence-corrected chi connectivity index (χ1v) is 5.79. The molecule has 1 fully saturated rings. The zero-order valence-corrected chi connectivity index (χ0v) is 10.0. The standard InChI is InChI=1S/C11H23N5/c1-3-8-14-9-4-6-10(7-5-9)15-11(12)16(2)13/h3,9-10,14H,1,4-8,13H2,2H3,(H2,12,15). The number of aliphatic imine (C=N–C) groups is 1. The lowest BCUT2D eigenvalue weighted by Gasteiger charge is -2.27. The Morgan fingerprint density at radius 2 is 2.12 bits per heavy atom. The van der Waals surface area contributed by atoms with Gasteiger partial charge >= 0.3 is 0 Å². The van der Waals surface area contributed by atoms with Gasteiger partial charge in [0.1, 0.15) is 0 Å². The van der Waals surface area contributed by atoms with Gasteiger partial charge in [0.2, 0.25) is 5.96 Å². The highest BCUT2D eigenvalue weighted by Crippen LogP contribution is 2.21. The highest BCUT2D eigenvalue weighted by molar-refractivity contribution is 5.77. The Morgan fingerprint density at radius 1 is 1.50 bits per heavy atom. The van der Waals surface area contributed by atoms with Crippen molar-refractivity contribution in [1.82, 2.24) is 10.3 Å². The number of nitrogens with zero attached hydrogens (tertiary/aromatic N) is 2. The van der Waals surface area contributed by atoms with Crippen molar-refractivity contribution in [2.45, 2.75) is 37.8 Å². The number of rotatable bonds is 4. The van der Waals surface area contributed by atoms with Crippen LogP contribution >= 0.6 is 0 Å². The third-order valence-electron chi connectivity index (χ3n) is 2.92. The minimum Gasteiger partial charge on any atom is -0.369 e. The van der Waals surface area contributed by atoms with Crippen molar-refractivity contribution in [1.29, 1.82) is 0 Å². The Labute approximate surface area is 97.5 Å². The fourth-order valence-corrected chi connectivity index (χ4v) is 1.94. The molecule has 1 aliphatic rings. The lowest BCUT2D eigenvalue weighted by atomic mass is 9.91. The third kappa shape index (κ3) is 4.20. The number of hydrazine groups is 1. The molecule has 0 aromatic carbocycles. The molecule has 0 aromatic rings. The summed E-state index contributed by atoms with van der Waals surface area (Å²) in [5.74, 6) is 5.92. The average Bonchev–Trinajstić information content (AvgIpc) is 2.28. The van der Waals surface area contributed by atoms with Crippen LogP contribution < -0.4 is 16.9 Å². The summed E-state index contributed by atoms with van der Waals surface area (Å²) in [7, 11) is 1.70. The first kappa shape index (κ1) is 13.0. The molecule has 0 radical (unpaired) electrons. The fourth-order valence-electron chi connectivity index (χ4n) is 1.94. The van der Waals surface area contributed by atoms with Crippen LogP contribution in [-0.4, -0.2) is 36.6 Å². The van der Waals surface area contributed by atoms with Crippen LogP contribution in [0.1, 0.15) is 25.7 Å². The van der Waals surface area contributed by atoms with Crippen LogP contribution in [-0.2, 0) is 0 Å². The van der Waals surface area contributed by atoms with Crippen molar-refractivity contribution in [2.75, 3.05) is 13.6 Å². The second-order valence-electron chi connectivity index (χ2n) is 4.30. The van der Waals surface area contributed by atoms with E-state index in [1.165, 1.54) is 5.01 Å². The van der Waals surface area contributed by atoms with Gasteiger partial charge < -0.3 is 11.1 Å². The molecule has 16 heavy (non-hydrogen) atoms. The second-order valence-corrected chi connectivity index (χ2v) is 4.30. The maximum atomic E-state index is 5.68. The van der Waals surface area contributed by atoms with Crippen LogP contribution in [0.3, 0.4) is 0 Å². The Hall–Kier alpha value is -1.07. The summed E-state index contributed by atoms with van der Waals surface area (Å²) in [4.78, 5) is 4.40. The Bertz CT molecular complexity index is 241. The minimum atomic E-state index is 0.327. The summed E-state index contributed by atoms with van der Waals surface area (Å²) in [6.45, 7) is 4.58. The van der Waals surface area contributed by atoms with Gasteiger partial charge in [-0.3, -0.25) is 5.01 Å². The number of nitrogens with one attached hydrogen (secondary N) is 1. The molecule has 1 rings (SSSR count). The van der Waals surface area contributed by atoms with Gasteiger partial charge in [0.15, 0.2) is 0 Å². The van der Waals surface area contributed by atoms with E-state index in [2.05, 4.69) is 16.9 Å². The Balaban J connectivity index is 2.31. The lowest BCUT2D eigenvalue weighted by Crippen LogP contribution is -2.41. The molecule has 0 amide bonds. The van der Waals surface area contributed by atoms with Gasteiger partial charge in [0, 0.05) is 19.6 Å². The van der Waals surface area contributed by atoms with Crippen LogP contribution in [0.25, 0.3) is 0 Å². The first-order valence-electron chi connectivity index (χ1n) is 5.79. The van der Waals surface area contributed by atoms with Gasteiger partial charge in [-0.15, -0.1) is 6.58 Å². The lowest BCUT2D eigenvalue weighted by molar-refractivity contribution is 0.350. The molecule has 5 heteroatoms. The highest BCUT2D eigenvalue weighted by Gasteiger charge is 2.20. The number of nitrogens with two attached hydrogens (primary N) is 2. The minimum absolute atomic E-state index is 0.327. The molecule has 0 spiro atoms. The van der Waals surface area contributed by atoms with Gasteiger partial charge in [-0.05, 0) is 25.7 Å². The summed E-state index contributed by atoms with van der Waals surface area (Å²) in [5.41, 5.74) is 5.68. The number of hydrogen-bond donors (Lipinski definition) is 3. The Kier molecular flexibility index (Phi) is 5.28. The summed E-state index contributed by atoms with van der Waals surface area (Å²) in [6, 6.07) is 0.925. The van der Waals surface area contributed by atoms with Crippen LogP contribution in [0.15, 0.2) is 17.6 Å². The van der Waals surface area contributed by atoms with Crippen molar-refractivity contribution < 1.29 is 0 Å². The van der Waals surface area contributed by atoms with Crippen molar-refractivity contribution >= 4 is 5.96 Å². The molecular weight excluding hydrogens is 202 g/mol. The molecule has 0 saturated heterocycles. The van der Waals surface area contributed by atoms with E-state index in [0.717, 1.165) is 32.2 Å². The largest absolute Gasteiger partial charge is 0.369 e. The quantitative estimate of drug-likeness (QED) is 0.210. The smallest absolute Gasteiger partial charge is 0.205 e. The topological polar surface area (TPSA) is 79.7 Å². The van der Waals surface area contributed by atoms with Crippen molar-refractivity contribution in [2.24, 2.45) is 16.6 Å². The van der Waals surface area contributed by atoms with Gasteiger partial charge in [0.25, 0.3) is 0 Å². The maximum Gasteiger partial charge on any atom is 0.205 e. The molecule has 0 atom stereocenters. The van der Waals surface area contributed by atoms with E-state index in [9.17, 15) is 0 Å². The molecule has 5 nitrogen and oxygen atoms in total. The molecule has 1 saturated carbocycles. The highest BCUT2D eigenvalue weighted by atomic mass is 15.4. The summed E-state index contributed by atoms with van der Waals surface area (Å²) in [6.07, 6.45) is 6.32. The molecule has 0 aliphatic heterocycles. The molecule has 92 valence electrons. The maximum absolute atomic E-state index is 5.68. The van der Waals surface area contributed by atoms with E-state index in [4.69, 9.17) is 11.6 Å². The van der Waals surface area contributed by atoms with E-state index < -0.39 is 0 Å². The molecule has 0 heterocycles. The third-order valence-corrected chi connectivity index (χ3v) is 2.92. The second kappa shape index (κ2) is 6.50. The van der Waals surface area contributed by atoms with E-state index in [1.54, 1.807) is 7.05 Å². The van der Waals surface area contributed by atoms with E-state index in [-0.39, 0.29) is 0 Å². The molecule has 0 bridgehead atoms. The Morgan fingerprint density at radius 3 is 2.62 bits per heavy atom. The molecular formula is C11H23N5. The molecule has 5 N–H and O–H groups in total. The average molecular weight is 225 g/mol. The SMILES string of the molecule is C=CCNC1CCC(N=C(N)N(C)N)CC1. The van der Waals surface area contributed by atoms with Gasteiger partial charge in [0.05, 0.1) is 6.04 Å². The van der Waals surface area contributed by atoms with Crippen LogP contribution in [0.2, 0.25) is 0 Å². The van der Waals surface area contributed by atoms with Crippen LogP contribution in [0.4, 0.5) is 0 Å². The fraction of sp³-hybridized carbons (Fsp3) is 0.727. The van der Waals surface area contributed by atoms with E-state index in [1.807, 2.05) is 6.08 Å². The van der Waals surface area contributed by atoms with E-state index >= 15 is 0 Å². The van der Waals surface area contributed by atoms with Gasteiger partial charge in [-0.25, -0.2) is 10.8 Å². The summed E-state index contributed by atoms with van der Waals surface area (Å²) < 4.78 is 0. The van der Waals surface area contributed by atoms with Crippen molar-refractivity contribution in [3.05, 3.63) is 12.7 Å². The van der Waals surface area contributed by atoms with Gasteiger partial charge in [-0.2, -0.15) is 0 Å². The zero-order valence-electron chi connectivity index (χ0n) is 10.0.